The number of hydrogen-bond donors (Lipinski definition) is 1. The van der Waals surface area contributed by atoms with Crippen LogP contribution in [0.2, 0.25) is 0 Å². The number of halogens is 1. The van der Waals surface area contributed by atoms with E-state index < -0.39 is 0 Å². The van der Waals surface area contributed by atoms with Crippen molar-refractivity contribution in [2.24, 2.45) is 0 Å². The predicted octanol–water partition coefficient (Wildman–Crippen LogP) is 2.13. The largest absolute Gasteiger partial charge is 0.313 e. The van der Waals surface area contributed by atoms with Gasteiger partial charge < -0.3 is 10.2 Å². The third-order valence-corrected chi connectivity index (χ3v) is 2.86. The Labute approximate surface area is 96.6 Å². The molecule has 0 aliphatic heterocycles. The van der Waals surface area contributed by atoms with E-state index in [1.165, 1.54) is 30.4 Å². The number of hydrogen-bond acceptors (Lipinski definition) is 2. The second-order valence-electron chi connectivity index (χ2n) is 3.46. The highest BCUT2D eigenvalue weighted by Crippen LogP contribution is 1.95. The van der Waals surface area contributed by atoms with Crippen molar-refractivity contribution in [1.29, 1.82) is 0 Å². The third kappa shape index (κ3) is 7.70. The van der Waals surface area contributed by atoms with Crippen molar-refractivity contribution in [2.75, 3.05) is 31.1 Å². The quantitative estimate of drug-likeness (QED) is 0.545. The molecule has 0 spiro atoms. The lowest BCUT2D eigenvalue weighted by atomic mass is 10.2. The summed E-state index contributed by atoms with van der Waals surface area (Å²) < 4.78 is 1.22. The molecule has 0 rings (SSSR count). The van der Waals surface area contributed by atoms with E-state index in [1.54, 1.807) is 0 Å². The molecule has 1 N–H and O–H groups in total. The zero-order chi connectivity index (χ0) is 10.1. The van der Waals surface area contributed by atoms with Crippen LogP contribution < -0.4 is 5.32 Å². The Balaban J connectivity index is 3.32. The van der Waals surface area contributed by atoms with Crippen molar-refractivity contribution in [3.05, 3.63) is 0 Å². The van der Waals surface area contributed by atoms with E-state index in [2.05, 4.69) is 53.7 Å². The summed E-state index contributed by atoms with van der Waals surface area (Å²) >= 11 is 2.42. The van der Waals surface area contributed by atoms with Gasteiger partial charge in [-0.1, -0.05) is 36.4 Å². The van der Waals surface area contributed by atoms with Gasteiger partial charge in [0.05, 0.1) is 0 Å². The normalized spacial score (nSPS) is 11.5. The molecule has 0 aromatic heterocycles. The van der Waals surface area contributed by atoms with Crippen molar-refractivity contribution >= 4 is 22.6 Å². The summed E-state index contributed by atoms with van der Waals surface area (Å²) in [6.45, 7) is 7.98. The fourth-order valence-electron chi connectivity index (χ4n) is 1.29. The van der Waals surface area contributed by atoms with E-state index >= 15 is 0 Å². The van der Waals surface area contributed by atoms with Gasteiger partial charge in [-0.05, 0) is 19.9 Å². The minimum Gasteiger partial charge on any atom is -0.313 e. The maximum Gasteiger partial charge on any atom is 0.0123 e. The van der Waals surface area contributed by atoms with Crippen molar-refractivity contribution in [3.8, 4) is 0 Å². The molecule has 0 aliphatic rings. The average Bonchev–Trinajstić information content (AvgIpc) is 2.13. The fraction of sp³-hybridized carbons (Fsp3) is 1.00. The summed E-state index contributed by atoms with van der Waals surface area (Å²) in [5.41, 5.74) is 0. The third-order valence-electron chi connectivity index (χ3n) is 2.38. The first-order valence-corrected chi connectivity index (χ1v) is 6.75. The summed E-state index contributed by atoms with van der Waals surface area (Å²) in [5.74, 6) is 0. The van der Waals surface area contributed by atoms with Gasteiger partial charge in [-0.25, -0.2) is 0 Å². The van der Waals surface area contributed by atoms with Gasteiger partial charge in [0.1, 0.15) is 0 Å². The first kappa shape index (κ1) is 13.7. The van der Waals surface area contributed by atoms with Gasteiger partial charge >= 0.3 is 0 Å². The summed E-state index contributed by atoms with van der Waals surface area (Å²) in [6, 6.07) is 0.716. The zero-order valence-electron chi connectivity index (χ0n) is 9.15. The summed E-state index contributed by atoms with van der Waals surface area (Å²) in [7, 11) is 2.19. The molecule has 13 heavy (non-hydrogen) atoms. The van der Waals surface area contributed by atoms with E-state index in [0.29, 0.717) is 6.04 Å². The van der Waals surface area contributed by atoms with Gasteiger partial charge in [-0.15, -0.1) is 0 Å². The van der Waals surface area contributed by atoms with Crippen molar-refractivity contribution < 1.29 is 0 Å². The molecule has 2 nitrogen and oxygen atoms in total. The Bertz CT molecular complexity index is 105. The van der Waals surface area contributed by atoms with Gasteiger partial charge in [0.15, 0.2) is 0 Å². The number of nitrogens with one attached hydrogen (secondary N) is 1. The highest BCUT2D eigenvalue weighted by Gasteiger charge is 2.02. The molecule has 0 radical (unpaired) electrons. The smallest absolute Gasteiger partial charge is 0.0123 e. The molecule has 80 valence electrons. The lowest BCUT2D eigenvalue weighted by Crippen LogP contribution is -2.35. The maximum atomic E-state index is 3.56. The molecule has 0 fully saturated rings. The summed E-state index contributed by atoms with van der Waals surface area (Å²) in [5, 5.41) is 3.56. The standard InChI is InChI=1S/C10H23IN2/c1-4-10(5-2)12-7-9-13(3)8-6-11/h10,12H,4-9H2,1-3H3. The molecule has 0 saturated heterocycles. The Morgan fingerprint density at radius 1 is 1.23 bits per heavy atom. The van der Waals surface area contributed by atoms with Crippen molar-refractivity contribution in [2.45, 2.75) is 32.7 Å². The molecular weight excluding hydrogens is 275 g/mol. The van der Waals surface area contributed by atoms with Crippen LogP contribution in [0.3, 0.4) is 0 Å². The van der Waals surface area contributed by atoms with E-state index in [4.69, 9.17) is 0 Å². The van der Waals surface area contributed by atoms with Crippen LogP contribution >= 0.6 is 22.6 Å². The maximum absolute atomic E-state index is 3.56. The Morgan fingerprint density at radius 2 is 1.85 bits per heavy atom. The van der Waals surface area contributed by atoms with E-state index in [-0.39, 0.29) is 0 Å². The molecule has 0 heterocycles. The second kappa shape index (κ2) is 9.21. The molecule has 0 bridgehead atoms. The van der Waals surface area contributed by atoms with Crippen LogP contribution in [-0.4, -0.2) is 42.1 Å². The molecule has 0 saturated carbocycles. The van der Waals surface area contributed by atoms with Gasteiger partial charge in [0.25, 0.3) is 0 Å². The van der Waals surface area contributed by atoms with Crippen LogP contribution in [0.5, 0.6) is 0 Å². The van der Waals surface area contributed by atoms with E-state index in [9.17, 15) is 0 Å². The summed E-state index contributed by atoms with van der Waals surface area (Å²) in [6.07, 6.45) is 2.49. The van der Waals surface area contributed by atoms with Crippen molar-refractivity contribution in [3.63, 3.8) is 0 Å². The van der Waals surface area contributed by atoms with Crippen LogP contribution in [0.1, 0.15) is 26.7 Å². The molecule has 0 aromatic rings. The minimum atomic E-state index is 0.716. The molecular formula is C10H23IN2. The van der Waals surface area contributed by atoms with Gasteiger partial charge in [0.2, 0.25) is 0 Å². The first-order chi connectivity index (χ1) is 6.24. The zero-order valence-corrected chi connectivity index (χ0v) is 11.3. The number of alkyl halides is 1. The molecule has 3 heteroatoms. The van der Waals surface area contributed by atoms with Gasteiger partial charge in [-0.2, -0.15) is 0 Å². The monoisotopic (exact) mass is 298 g/mol. The van der Waals surface area contributed by atoms with Crippen LogP contribution in [-0.2, 0) is 0 Å². The highest BCUT2D eigenvalue weighted by molar-refractivity contribution is 14.1. The number of likely N-dealkylation sites (N-methyl/N-ethyl adjacent to an activating group) is 1. The van der Waals surface area contributed by atoms with Gasteiger partial charge in [-0.3, -0.25) is 0 Å². The lowest BCUT2D eigenvalue weighted by molar-refractivity contribution is 0.339. The van der Waals surface area contributed by atoms with E-state index in [0.717, 1.165) is 6.54 Å². The Morgan fingerprint density at radius 3 is 2.31 bits per heavy atom. The second-order valence-corrected chi connectivity index (χ2v) is 4.54. The topological polar surface area (TPSA) is 15.3 Å². The molecule has 0 amide bonds. The number of nitrogens with zero attached hydrogens (tertiary/aromatic N) is 1. The average molecular weight is 298 g/mol. The fourth-order valence-corrected chi connectivity index (χ4v) is 2.12. The van der Waals surface area contributed by atoms with Crippen LogP contribution in [0, 0.1) is 0 Å². The Kier molecular flexibility index (Phi) is 9.68. The Hall–Kier alpha value is 0.650. The SMILES string of the molecule is CCC(CC)NCCN(C)CCI. The predicted molar refractivity (Wildman–Crippen MR) is 68.8 cm³/mol. The van der Waals surface area contributed by atoms with Gasteiger partial charge in [0, 0.05) is 30.1 Å². The summed E-state index contributed by atoms with van der Waals surface area (Å²) in [4.78, 5) is 2.38. The van der Waals surface area contributed by atoms with Crippen molar-refractivity contribution in [1.82, 2.24) is 10.2 Å². The van der Waals surface area contributed by atoms with E-state index in [1.807, 2.05) is 0 Å². The number of rotatable bonds is 8. The van der Waals surface area contributed by atoms with Crippen LogP contribution in [0.25, 0.3) is 0 Å². The van der Waals surface area contributed by atoms with Crippen LogP contribution in [0.15, 0.2) is 0 Å². The van der Waals surface area contributed by atoms with Crippen LogP contribution in [0.4, 0.5) is 0 Å². The lowest BCUT2D eigenvalue weighted by Gasteiger charge is -2.19. The molecule has 0 aliphatic carbocycles. The molecule has 0 aromatic carbocycles. The first-order valence-electron chi connectivity index (χ1n) is 5.22. The minimum absolute atomic E-state index is 0.716. The highest BCUT2D eigenvalue weighted by atomic mass is 127. The molecule has 0 unspecified atom stereocenters. The molecule has 0 atom stereocenters.